The number of benzene rings is 1. The molecule has 0 saturated heterocycles. The van der Waals surface area contributed by atoms with Crippen molar-refractivity contribution in [3.05, 3.63) is 53.9 Å². The summed E-state index contributed by atoms with van der Waals surface area (Å²) in [5.74, 6) is -0.481. The summed E-state index contributed by atoms with van der Waals surface area (Å²) in [6.07, 6.45) is 3.66. The van der Waals surface area contributed by atoms with E-state index in [1.807, 2.05) is 13.0 Å². The van der Waals surface area contributed by atoms with Crippen LogP contribution in [0.5, 0.6) is 0 Å². The molecule has 0 saturated carbocycles. The van der Waals surface area contributed by atoms with Crippen LogP contribution in [-0.4, -0.2) is 22.5 Å². The van der Waals surface area contributed by atoms with Gasteiger partial charge in [0.05, 0.1) is 17.1 Å². The van der Waals surface area contributed by atoms with Gasteiger partial charge in [0, 0.05) is 30.3 Å². The van der Waals surface area contributed by atoms with E-state index in [1.54, 1.807) is 36.7 Å². The number of nitrogens with one attached hydrogen (secondary N) is 2. The summed E-state index contributed by atoms with van der Waals surface area (Å²) < 4.78 is 0. The first kappa shape index (κ1) is 15.7. The standard InChI is InChI=1S/C17H17N5O2/c1-10-8-15(21-22-16(10)23)12-2-3-14(13(18)9-12)20-17(24)11-4-6-19-7-5-11/h2-7,9-10H,8,18H2,1H3,(H,20,24)(H,22,23). The van der Waals surface area contributed by atoms with Gasteiger partial charge in [-0.25, -0.2) is 5.43 Å². The topological polar surface area (TPSA) is 109 Å². The maximum absolute atomic E-state index is 12.2. The Balaban J connectivity index is 1.78. The highest BCUT2D eigenvalue weighted by Crippen LogP contribution is 2.23. The molecule has 1 unspecified atom stereocenters. The molecule has 122 valence electrons. The van der Waals surface area contributed by atoms with Crippen molar-refractivity contribution in [1.82, 2.24) is 10.4 Å². The van der Waals surface area contributed by atoms with Crippen molar-refractivity contribution in [2.75, 3.05) is 11.1 Å². The third-order valence-electron chi connectivity index (χ3n) is 3.82. The van der Waals surface area contributed by atoms with Gasteiger partial charge in [-0.3, -0.25) is 14.6 Å². The second-order valence-electron chi connectivity index (χ2n) is 5.63. The first-order chi connectivity index (χ1) is 11.5. The molecule has 7 nitrogen and oxygen atoms in total. The normalized spacial score (nSPS) is 17.0. The number of hydrazone groups is 1. The van der Waals surface area contributed by atoms with Gasteiger partial charge < -0.3 is 11.1 Å². The van der Waals surface area contributed by atoms with Crippen molar-refractivity contribution in [3.8, 4) is 0 Å². The molecule has 2 aromatic rings. The average molecular weight is 323 g/mol. The van der Waals surface area contributed by atoms with Gasteiger partial charge in [0.1, 0.15) is 0 Å². The Morgan fingerprint density at radius 2 is 2.04 bits per heavy atom. The van der Waals surface area contributed by atoms with Crippen LogP contribution in [0.1, 0.15) is 29.3 Å². The highest BCUT2D eigenvalue weighted by atomic mass is 16.2. The highest BCUT2D eigenvalue weighted by molar-refractivity contribution is 6.08. The van der Waals surface area contributed by atoms with E-state index < -0.39 is 0 Å². The molecule has 7 heteroatoms. The van der Waals surface area contributed by atoms with Crippen molar-refractivity contribution in [2.24, 2.45) is 11.0 Å². The number of hydrogen-bond donors (Lipinski definition) is 3. The third kappa shape index (κ3) is 3.24. The Hall–Kier alpha value is -3.22. The van der Waals surface area contributed by atoms with E-state index in [0.717, 1.165) is 11.3 Å². The van der Waals surface area contributed by atoms with Gasteiger partial charge in [0.15, 0.2) is 0 Å². The molecule has 24 heavy (non-hydrogen) atoms. The number of anilines is 2. The summed E-state index contributed by atoms with van der Waals surface area (Å²) in [6, 6.07) is 8.54. The fourth-order valence-electron chi connectivity index (χ4n) is 2.40. The van der Waals surface area contributed by atoms with Gasteiger partial charge in [-0.2, -0.15) is 5.10 Å². The second-order valence-corrected chi connectivity index (χ2v) is 5.63. The molecule has 1 atom stereocenters. The number of amides is 2. The Kier molecular flexibility index (Phi) is 4.24. The van der Waals surface area contributed by atoms with Crippen LogP contribution in [0.25, 0.3) is 0 Å². The summed E-state index contributed by atoms with van der Waals surface area (Å²) in [7, 11) is 0. The van der Waals surface area contributed by atoms with Crippen LogP contribution in [-0.2, 0) is 4.79 Å². The van der Waals surface area contributed by atoms with Gasteiger partial charge in [-0.05, 0) is 29.8 Å². The number of hydrogen-bond acceptors (Lipinski definition) is 5. The van der Waals surface area contributed by atoms with Crippen LogP contribution in [0.4, 0.5) is 11.4 Å². The lowest BCUT2D eigenvalue weighted by atomic mass is 9.96. The Bertz CT molecular complexity index is 817. The van der Waals surface area contributed by atoms with Crippen molar-refractivity contribution in [1.29, 1.82) is 0 Å². The zero-order valence-corrected chi connectivity index (χ0v) is 13.1. The van der Waals surface area contributed by atoms with E-state index in [0.29, 0.717) is 23.4 Å². The van der Waals surface area contributed by atoms with E-state index in [2.05, 4.69) is 20.8 Å². The fraction of sp³-hybridized carbons (Fsp3) is 0.176. The average Bonchev–Trinajstić information content (AvgIpc) is 2.60. The molecule has 1 aliphatic rings. The summed E-state index contributed by atoms with van der Waals surface area (Å²) in [5.41, 5.74) is 11.6. The lowest BCUT2D eigenvalue weighted by Crippen LogP contribution is -2.33. The molecule has 1 aromatic carbocycles. The lowest BCUT2D eigenvalue weighted by molar-refractivity contribution is -0.124. The molecule has 0 fully saturated rings. The van der Waals surface area contributed by atoms with Gasteiger partial charge in [0.2, 0.25) is 5.91 Å². The van der Waals surface area contributed by atoms with Crippen LogP contribution in [0.3, 0.4) is 0 Å². The lowest BCUT2D eigenvalue weighted by Gasteiger charge is -2.18. The molecule has 0 radical (unpaired) electrons. The summed E-state index contributed by atoms with van der Waals surface area (Å²) in [4.78, 5) is 27.5. The molecule has 1 aromatic heterocycles. The maximum Gasteiger partial charge on any atom is 0.255 e. The zero-order chi connectivity index (χ0) is 17.1. The molecule has 3 rings (SSSR count). The number of nitrogen functional groups attached to an aromatic ring is 1. The summed E-state index contributed by atoms with van der Waals surface area (Å²) in [5, 5.41) is 6.85. The minimum absolute atomic E-state index is 0.0899. The molecule has 2 amide bonds. The molecular formula is C17H17N5O2. The minimum Gasteiger partial charge on any atom is -0.397 e. The highest BCUT2D eigenvalue weighted by Gasteiger charge is 2.21. The van der Waals surface area contributed by atoms with E-state index in [1.165, 1.54) is 0 Å². The van der Waals surface area contributed by atoms with Gasteiger partial charge in [0.25, 0.3) is 5.91 Å². The molecule has 1 aliphatic heterocycles. The van der Waals surface area contributed by atoms with Crippen LogP contribution in [0.2, 0.25) is 0 Å². The Labute approximate surface area is 139 Å². The largest absolute Gasteiger partial charge is 0.397 e. The van der Waals surface area contributed by atoms with Crippen LogP contribution in [0.15, 0.2) is 47.8 Å². The molecule has 0 aliphatic carbocycles. The van der Waals surface area contributed by atoms with Gasteiger partial charge in [-0.1, -0.05) is 13.0 Å². The van der Waals surface area contributed by atoms with Crippen LogP contribution in [0, 0.1) is 5.92 Å². The van der Waals surface area contributed by atoms with Crippen LogP contribution >= 0.6 is 0 Å². The van der Waals surface area contributed by atoms with Crippen molar-refractivity contribution >= 4 is 28.9 Å². The van der Waals surface area contributed by atoms with Gasteiger partial charge >= 0.3 is 0 Å². The third-order valence-corrected chi connectivity index (χ3v) is 3.82. The van der Waals surface area contributed by atoms with E-state index in [-0.39, 0.29) is 17.7 Å². The van der Waals surface area contributed by atoms with E-state index >= 15 is 0 Å². The van der Waals surface area contributed by atoms with Crippen molar-refractivity contribution in [2.45, 2.75) is 13.3 Å². The number of rotatable bonds is 3. The number of pyridine rings is 1. The van der Waals surface area contributed by atoms with Crippen molar-refractivity contribution < 1.29 is 9.59 Å². The first-order valence-electron chi connectivity index (χ1n) is 7.52. The first-order valence-corrected chi connectivity index (χ1v) is 7.52. The minimum atomic E-state index is -0.257. The quantitative estimate of drug-likeness (QED) is 0.748. The second kappa shape index (κ2) is 6.49. The number of carbonyl (C=O) groups excluding carboxylic acids is 2. The summed E-state index contributed by atoms with van der Waals surface area (Å²) in [6.45, 7) is 1.84. The van der Waals surface area contributed by atoms with E-state index in [9.17, 15) is 9.59 Å². The SMILES string of the molecule is CC1CC(c2ccc(NC(=O)c3ccncc3)c(N)c2)=NNC1=O. The number of carbonyl (C=O) groups is 2. The zero-order valence-electron chi connectivity index (χ0n) is 13.1. The fourth-order valence-corrected chi connectivity index (χ4v) is 2.40. The number of nitrogens with zero attached hydrogens (tertiary/aromatic N) is 2. The predicted octanol–water partition coefficient (Wildman–Crippen LogP) is 1.78. The maximum atomic E-state index is 12.2. The molecular weight excluding hydrogens is 306 g/mol. The molecule has 0 spiro atoms. The van der Waals surface area contributed by atoms with E-state index in [4.69, 9.17) is 5.73 Å². The molecule has 0 bridgehead atoms. The van der Waals surface area contributed by atoms with Gasteiger partial charge in [-0.15, -0.1) is 0 Å². The summed E-state index contributed by atoms with van der Waals surface area (Å²) >= 11 is 0. The number of nitrogens with two attached hydrogens (primary N) is 1. The molecule has 2 heterocycles. The molecule has 4 N–H and O–H groups in total. The Morgan fingerprint density at radius 1 is 1.29 bits per heavy atom. The number of aromatic nitrogens is 1. The Morgan fingerprint density at radius 3 is 2.71 bits per heavy atom. The van der Waals surface area contributed by atoms with Crippen molar-refractivity contribution in [3.63, 3.8) is 0 Å². The van der Waals surface area contributed by atoms with Crippen LogP contribution < -0.4 is 16.5 Å². The smallest absolute Gasteiger partial charge is 0.255 e. The monoisotopic (exact) mass is 323 g/mol. The predicted molar refractivity (Wildman–Crippen MR) is 91.5 cm³/mol.